The molecule has 0 radical (unpaired) electrons. The van der Waals surface area contributed by atoms with E-state index in [4.69, 9.17) is 9.47 Å². The van der Waals surface area contributed by atoms with Gasteiger partial charge in [0, 0.05) is 5.39 Å². The Bertz CT molecular complexity index is 906. The molecule has 1 amide bonds. The summed E-state index contributed by atoms with van der Waals surface area (Å²) in [7, 11) is 3.10. The highest BCUT2D eigenvalue weighted by Crippen LogP contribution is 2.30. The summed E-state index contributed by atoms with van der Waals surface area (Å²) in [6.45, 7) is 1.96. The van der Waals surface area contributed by atoms with Crippen molar-refractivity contribution in [2.45, 2.75) is 6.92 Å². The number of pyridine rings is 1. The van der Waals surface area contributed by atoms with E-state index in [-0.39, 0.29) is 5.91 Å². The fourth-order valence-electron chi connectivity index (χ4n) is 2.62. The van der Waals surface area contributed by atoms with E-state index >= 15 is 0 Å². The van der Waals surface area contributed by atoms with Crippen molar-refractivity contribution in [2.24, 2.45) is 0 Å². The van der Waals surface area contributed by atoms with Crippen molar-refractivity contribution < 1.29 is 14.3 Å². The number of benzene rings is 2. The summed E-state index contributed by atoms with van der Waals surface area (Å²) in [6, 6.07) is 13.1. The van der Waals surface area contributed by atoms with Crippen molar-refractivity contribution in [3.05, 3.63) is 59.8 Å². The highest BCUT2D eigenvalue weighted by Gasteiger charge is 2.18. The second-order valence-corrected chi connectivity index (χ2v) is 5.38. The van der Waals surface area contributed by atoms with E-state index in [1.54, 1.807) is 13.3 Å². The number of anilines is 1. The lowest BCUT2D eigenvalue weighted by Crippen LogP contribution is -2.15. The molecule has 0 saturated carbocycles. The minimum Gasteiger partial charge on any atom is -0.495 e. The summed E-state index contributed by atoms with van der Waals surface area (Å²) < 4.78 is 10.7. The number of amides is 1. The number of hydrogen-bond acceptors (Lipinski definition) is 4. The first kappa shape index (κ1) is 15.8. The van der Waals surface area contributed by atoms with Crippen LogP contribution < -0.4 is 14.8 Å². The maximum atomic E-state index is 12.9. The molecular formula is C19H18N2O3. The number of hydrogen-bond donors (Lipinski definition) is 1. The van der Waals surface area contributed by atoms with E-state index in [1.165, 1.54) is 7.11 Å². The van der Waals surface area contributed by atoms with Crippen LogP contribution in [0.4, 0.5) is 5.69 Å². The third-order valence-electron chi connectivity index (χ3n) is 3.79. The van der Waals surface area contributed by atoms with Gasteiger partial charge in [-0.2, -0.15) is 0 Å². The number of ether oxygens (including phenoxy) is 2. The molecule has 0 aliphatic rings. The summed E-state index contributed by atoms with van der Waals surface area (Å²) in [4.78, 5) is 17.2. The topological polar surface area (TPSA) is 60.5 Å². The minimum absolute atomic E-state index is 0.269. The van der Waals surface area contributed by atoms with E-state index in [9.17, 15) is 4.79 Å². The van der Waals surface area contributed by atoms with Gasteiger partial charge in [0.15, 0.2) is 5.75 Å². The van der Waals surface area contributed by atoms with Crippen molar-refractivity contribution >= 4 is 22.5 Å². The molecule has 0 fully saturated rings. The van der Waals surface area contributed by atoms with Crippen LogP contribution in [0.1, 0.15) is 15.9 Å². The lowest BCUT2D eigenvalue weighted by atomic mass is 10.1. The van der Waals surface area contributed by atoms with Crippen LogP contribution in [-0.2, 0) is 0 Å². The molecule has 0 unspecified atom stereocenters. The van der Waals surface area contributed by atoms with Gasteiger partial charge in [-0.05, 0) is 30.7 Å². The number of para-hydroxylation sites is 1. The van der Waals surface area contributed by atoms with Gasteiger partial charge in [-0.15, -0.1) is 0 Å². The van der Waals surface area contributed by atoms with Crippen molar-refractivity contribution in [3.63, 3.8) is 0 Å². The van der Waals surface area contributed by atoms with Gasteiger partial charge >= 0.3 is 0 Å². The van der Waals surface area contributed by atoms with Crippen molar-refractivity contribution in [1.29, 1.82) is 0 Å². The molecule has 5 heteroatoms. The molecular weight excluding hydrogens is 304 g/mol. The maximum absolute atomic E-state index is 12.9. The number of aromatic nitrogens is 1. The predicted molar refractivity (Wildman–Crippen MR) is 94.0 cm³/mol. The number of fused-ring (bicyclic) bond motifs is 1. The van der Waals surface area contributed by atoms with Gasteiger partial charge in [0.05, 0.1) is 37.2 Å². The molecule has 1 aromatic heterocycles. The van der Waals surface area contributed by atoms with Crippen molar-refractivity contribution in [3.8, 4) is 11.5 Å². The van der Waals surface area contributed by atoms with Crippen molar-refractivity contribution in [2.75, 3.05) is 19.5 Å². The summed E-state index contributed by atoms with van der Waals surface area (Å²) in [5.41, 5.74) is 2.83. The lowest BCUT2D eigenvalue weighted by molar-refractivity contribution is 0.102. The van der Waals surface area contributed by atoms with E-state index in [0.29, 0.717) is 22.7 Å². The van der Waals surface area contributed by atoms with Gasteiger partial charge in [0.25, 0.3) is 5.91 Å². The minimum atomic E-state index is -0.269. The first-order valence-electron chi connectivity index (χ1n) is 7.51. The molecule has 0 atom stereocenters. The van der Waals surface area contributed by atoms with Crippen LogP contribution in [0.25, 0.3) is 10.9 Å². The van der Waals surface area contributed by atoms with E-state index < -0.39 is 0 Å². The SMILES string of the molecule is COc1ccc(C)cc1NC(=O)c1c(OC)cnc2ccccc12. The summed E-state index contributed by atoms with van der Waals surface area (Å²) >= 11 is 0. The van der Waals surface area contributed by atoms with Crippen LogP contribution in [0, 0.1) is 6.92 Å². The van der Waals surface area contributed by atoms with Crippen LogP contribution in [0.3, 0.4) is 0 Å². The van der Waals surface area contributed by atoms with Gasteiger partial charge in [0.2, 0.25) is 0 Å². The maximum Gasteiger partial charge on any atom is 0.260 e. The largest absolute Gasteiger partial charge is 0.495 e. The van der Waals surface area contributed by atoms with E-state index in [1.807, 2.05) is 49.4 Å². The number of nitrogens with zero attached hydrogens (tertiary/aromatic N) is 1. The van der Waals surface area contributed by atoms with Crippen LogP contribution >= 0.6 is 0 Å². The molecule has 122 valence electrons. The number of aryl methyl sites for hydroxylation is 1. The fourth-order valence-corrected chi connectivity index (χ4v) is 2.62. The highest BCUT2D eigenvalue weighted by molar-refractivity contribution is 6.14. The highest BCUT2D eigenvalue weighted by atomic mass is 16.5. The molecule has 24 heavy (non-hydrogen) atoms. The van der Waals surface area contributed by atoms with Crippen LogP contribution in [-0.4, -0.2) is 25.1 Å². The number of nitrogens with one attached hydrogen (secondary N) is 1. The smallest absolute Gasteiger partial charge is 0.260 e. The van der Waals surface area contributed by atoms with Gasteiger partial charge in [-0.3, -0.25) is 9.78 Å². The summed E-state index contributed by atoms with van der Waals surface area (Å²) in [5.74, 6) is 0.762. The molecule has 0 aliphatic heterocycles. The summed E-state index contributed by atoms with van der Waals surface area (Å²) in [6.07, 6.45) is 1.56. The molecule has 0 aliphatic carbocycles. The van der Waals surface area contributed by atoms with E-state index in [2.05, 4.69) is 10.3 Å². The Kier molecular flexibility index (Phi) is 4.33. The van der Waals surface area contributed by atoms with Crippen LogP contribution in [0.2, 0.25) is 0 Å². The number of methoxy groups -OCH3 is 2. The average Bonchev–Trinajstić information content (AvgIpc) is 2.60. The normalized spacial score (nSPS) is 10.5. The van der Waals surface area contributed by atoms with Gasteiger partial charge in [-0.1, -0.05) is 24.3 Å². The number of rotatable bonds is 4. The van der Waals surface area contributed by atoms with Gasteiger partial charge in [0.1, 0.15) is 5.75 Å². The standard InChI is InChI=1S/C19H18N2O3/c1-12-8-9-16(23-2)15(10-12)21-19(22)18-13-6-4-5-7-14(13)20-11-17(18)24-3/h4-11H,1-3H3,(H,21,22). The molecule has 5 nitrogen and oxygen atoms in total. The Morgan fingerprint density at radius 2 is 1.79 bits per heavy atom. The Labute approximate surface area is 140 Å². The quantitative estimate of drug-likeness (QED) is 0.793. The molecule has 1 N–H and O–H groups in total. The molecule has 1 heterocycles. The zero-order chi connectivity index (χ0) is 17.1. The molecule has 3 aromatic rings. The zero-order valence-corrected chi connectivity index (χ0v) is 13.8. The lowest BCUT2D eigenvalue weighted by Gasteiger charge is -2.14. The first-order valence-corrected chi connectivity index (χ1v) is 7.51. The van der Waals surface area contributed by atoms with Gasteiger partial charge in [-0.25, -0.2) is 0 Å². The Morgan fingerprint density at radius 1 is 1.04 bits per heavy atom. The van der Waals surface area contributed by atoms with E-state index in [0.717, 1.165) is 16.5 Å². The van der Waals surface area contributed by atoms with Crippen molar-refractivity contribution in [1.82, 2.24) is 4.98 Å². The third kappa shape index (κ3) is 2.88. The molecule has 0 bridgehead atoms. The van der Waals surface area contributed by atoms with Crippen LogP contribution in [0.15, 0.2) is 48.7 Å². The molecule has 0 saturated heterocycles. The van der Waals surface area contributed by atoms with Crippen LogP contribution in [0.5, 0.6) is 11.5 Å². The zero-order valence-electron chi connectivity index (χ0n) is 13.8. The molecule has 3 rings (SSSR count). The molecule has 2 aromatic carbocycles. The predicted octanol–water partition coefficient (Wildman–Crippen LogP) is 3.81. The third-order valence-corrected chi connectivity index (χ3v) is 3.79. The molecule has 0 spiro atoms. The Hall–Kier alpha value is -3.08. The first-order chi connectivity index (χ1) is 11.6. The monoisotopic (exact) mass is 322 g/mol. The average molecular weight is 322 g/mol. The second kappa shape index (κ2) is 6.58. The number of carbonyl (C=O) groups excluding carboxylic acids is 1. The second-order valence-electron chi connectivity index (χ2n) is 5.38. The number of carbonyl (C=O) groups is 1. The summed E-state index contributed by atoms with van der Waals surface area (Å²) in [5, 5.41) is 3.65. The Balaban J connectivity index is 2.08. The Morgan fingerprint density at radius 3 is 2.54 bits per heavy atom. The van der Waals surface area contributed by atoms with Gasteiger partial charge < -0.3 is 14.8 Å². The fraction of sp³-hybridized carbons (Fsp3) is 0.158.